The highest BCUT2D eigenvalue weighted by atomic mass is 79.9. The van der Waals surface area contributed by atoms with Crippen LogP contribution in [0, 0.1) is 5.82 Å². The Hall–Kier alpha value is -2.45. The Morgan fingerprint density at radius 2 is 1.97 bits per heavy atom. The van der Waals surface area contributed by atoms with Crippen molar-refractivity contribution < 1.29 is 23.2 Å². The fourth-order valence-corrected chi connectivity index (χ4v) is 4.13. The van der Waals surface area contributed by atoms with E-state index in [0.717, 1.165) is 50.0 Å². The number of benzene rings is 2. The number of likely N-dealkylation sites (tertiary alicyclic amines) is 1. The van der Waals surface area contributed by atoms with E-state index < -0.39 is 0 Å². The van der Waals surface area contributed by atoms with Gasteiger partial charge >= 0.3 is 0 Å². The number of hydrogen-bond donors (Lipinski definition) is 0. The molecule has 1 aliphatic heterocycles. The van der Waals surface area contributed by atoms with Gasteiger partial charge in [0, 0.05) is 29.5 Å². The van der Waals surface area contributed by atoms with Gasteiger partial charge in [0.05, 0.1) is 19.4 Å². The Balaban J connectivity index is 0.00000289. The number of ketones is 1. The predicted octanol–water partition coefficient (Wildman–Crippen LogP) is 5.40. The number of Topliss-reactive ketones (excluding diaryl/α,β-unsaturated/α-hetero) is 1. The summed E-state index contributed by atoms with van der Waals surface area (Å²) in [5, 5.41) is 5.13. The molecule has 3 aromatic rings. The van der Waals surface area contributed by atoms with E-state index in [-0.39, 0.29) is 28.6 Å². The average molecular weight is 507 g/mol. The van der Waals surface area contributed by atoms with Crippen LogP contribution >= 0.6 is 17.0 Å². The first-order valence-corrected chi connectivity index (χ1v) is 10.6. The molecule has 1 aromatic heterocycles. The van der Waals surface area contributed by atoms with E-state index in [4.69, 9.17) is 14.0 Å². The molecule has 6 nitrogen and oxygen atoms in total. The molecule has 1 fully saturated rings. The van der Waals surface area contributed by atoms with Crippen LogP contribution in [0.5, 0.6) is 11.5 Å². The molecule has 32 heavy (non-hydrogen) atoms. The molecule has 0 amide bonds. The van der Waals surface area contributed by atoms with Gasteiger partial charge in [0.15, 0.2) is 22.9 Å². The highest BCUT2D eigenvalue weighted by molar-refractivity contribution is 8.93. The first-order valence-electron chi connectivity index (χ1n) is 10.6. The Kier molecular flexibility index (Phi) is 8.26. The van der Waals surface area contributed by atoms with E-state index in [1.807, 2.05) is 0 Å². The number of halogens is 2. The van der Waals surface area contributed by atoms with Gasteiger partial charge in [-0.05, 0) is 69.6 Å². The summed E-state index contributed by atoms with van der Waals surface area (Å²) >= 11 is 0. The molecular formula is C24H28BrFN2O4. The second kappa shape index (κ2) is 10.9. The summed E-state index contributed by atoms with van der Waals surface area (Å²) in [6.45, 7) is 5.03. The summed E-state index contributed by atoms with van der Waals surface area (Å²) in [7, 11) is 1.57. The number of piperidine rings is 1. The van der Waals surface area contributed by atoms with Crippen LogP contribution in [0.4, 0.5) is 4.39 Å². The third-order valence-electron chi connectivity index (χ3n) is 5.88. The van der Waals surface area contributed by atoms with Crippen LogP contribution in [0.1, 0.15) is 48.2 Å². The number of nitrogens with zero attached hydrogens (tertiary/aromatic N) is 2. The zero-order valence-corrected chi connectivity index (χ0v) is 20.0. The summed E-state index contributed by atoms with van der Waals surface area (Å²) < 4.78 is 29.9. The Labute approximate surface area is 197 Å². The van der Waals surface area contributed by atoms with Crippen LogP contribution in [-0.4, -0.2) is 49.2 Å². The molecule has 172 valence electrons. The van der Waals surface area contributed by atoms with Gasteiger partial charge < -0.3 is 18.9 Å². The molecule has 2 aromatic carbocycles. The van der Waals surface area contributed by atoms with Gasteiger partial charge in [-0.1, -0.05) is 5.16 Å². The van der Waals surface area contributed by atoms with Gasteiger partial charge in [0.2, 0.25) is 0 Å². The molecule has 4 rings (SSSR count). The van der Waals surface area contributed by atoms with Crippen molar-refractivity contribution in [3.05, 3.63) is 53.5 Å². The van der Waals surface area contributed by atoms with Crippen molar-refractivity contribution in [3.63, 3.8) is 0 Å². The van der Waals surface area contributed by atoms with Crippen LogP contribution < -0.4 is 9.47 Å². The van der Waals surface area contributed by atoms with Crippen molar-refractivity contribution >= 4 is 33.7 Å². The van der Waals surface area contributed by atoms with Crippen molar-refractivity contribution in [1.82, 2.24) is 10.1 Å². The largest absolute Gasteiger partial charge is 0.493 e. The highest BCUT2D eigenvalue weighted by Gasteiger charge is 2.25. The van der Waals surface area contributed by atoms with Crippen molar-refractivity contribution in [2.75, 3.05) is 33.4 Å². The van der Waals surface area contributed by atoms with Gasteiger partial charge in [-0.25, -0.2) is 4.39 Å². The molecule has 0 bridgehead atoms. The van der Waals surface area contributed by atoms with Crippen LogP contribution in [0.2, 0.25) is 0 Å². The third-order valence-corrected chi connectivity index (χ3v) is 5.88. The Morgan fingerprint density at radius 1 is 1.19 bits per heavy atom. The Bertz CT molecular complexity index is 1060. The topological polar surface area (TPSA) is 64.8 Å². The maximum absolute atomic E-state index is 13.4. The third kappa shape index (κ3) is 5.48. The molecule has 0 unspecified atom stereocenters. The molecule has 8 heteroatoms. The normalized spacial score (nSPS) is 14.8. The van der Waals surface area contributed by atoms with E-state index in [1.54, 1.807) is 31.4 Å². The average Bonchev–Trinajstić information content (AvgIpc) is 3.20. The van der Waals surface area contributed by atoms with Gasteiger partial charge in [0.1, 0.15) is 5.82 Å². The maximum atomic E-state index is 13.4. The second-order valence-corrected chi connectivity index (χ2v) is 7.95. The minimum absolute atomic E-state index is 0. The van der Waals surface area contributed by atoms with Crippen molar-refractivity contribution in [1.29, 1.82) is 0 Å². The first kappa shape index (κ1) is 24.2. The lowest BCUT2D eigenvalue weighted by atomic mass is 9.91. The summed E-state index contributed by atoms with van der Waals surface area (Å²) in [6.07, 6.45) is 2.90. The monoisotopic (exact) mass is 506 g/mol. The van der Waals surface area contributed by atoms with Crippen LogP contribution in [0.15, 0.2) is 40.9 Å². The quantitative estimate of drug-likeness (QED) is 0.300. The first-order chi connectivity index (χ1) is 15.0. The molecule has 2 heterocycles. The fourth-order valence-electron chi connectivity index (χ4n) is 4.13. The minimum atomic E-state index is -0.306. The lowest BCUT2D eigenvalue weighted by Crippen LogP contribution is -2.34. The molecule has 0 radical (unpaired) electrons. The van der Waals surface area contributed by atoms with Gasteiger partial charge in [-0.2, -0.15) is 0 Å². The number of fused-ring (bicyclic) bond motifs is 1. The van der Waals surface area contributed by atoms with Crippen molar-refractivity contribution in [3.8, 4) is 11.5 Å². The maximum Gasteiger partial charge on any atom is 0.170 e. The molecule has 0 saturated carbocycles. The number of aromatic nitrogens is 1. The fraction of sp³-hybridized carbons (Fsp3) is 0.417. The molecule has 0 N–H and O–H groups in total. The molecule has 0 atom stereocenters. The number of carbonyl (C=O) groups excluding carboxylic acids is 1. The predicted molar refractivity (Wildman–Crippen MR) is 126 cm³/mol. The molecule has 1 saturated heterocycles. The van der Waals surface area contributed by atoms with E-state index in [2.05, 4.69) is 10.1 Å². The highest BCUT2D eigenvalue weighted by Crippen LogP contribution is 2.33. The summed E-state index contributed by atoms with van der Waals surface area (Å²) in [6, 6.07) is 9.87. The lowest BCUT2D eigenvalue weighted by Gasteiger charge is -2.31. The van der Waals surface area contributed by atoms with E-state index in [0.29, 0.717) is 35.2 Å². The molecule has 1 aliphatic rings. The Morgan fingerprint density at radius 3 is 2.69 bits per heavy atom. The van der Waals surface area contributed by atoms with Crippen molar-refractivity contribution in [2.45, 2.75) is 32.1 Å². The van der Waals surface area contributed by atoms with Gasteiger partial charge in [-0.15, -0.1) is 17.0 Å². The van der Waals surface area contributed by atoms with Crippen LogP contribution in [0.3, 0.4) is 0 Å². The number of carbonyl (C=O) groups is 1. The zero-order chi connectivity index (χ0) is 21.8. The number of rotatable bonds is 8. The van der Waals surface area contributed by atoms with Crippen LogP contribution in [0.25, 0.3) is 11.0 Å². The van der Waals surface area contributed by atoms with Gasteiger partial charge in [0.25, 0.3) is 0 Å². The molecular weight excluding hydrogens is 479 g/mol. The van der Waals surface area contributed by atoms with Gasteiger partial charge in [-0.3, -0.25) is 4.79 Å². The van der Waals surface area contributed by atoms with Crippen LogP contribution in [-0.2, 0) is 0 Å². The number of hydrogen-bond acceptors (Lipinski definition) is 6. The zero-order valence-electron chi connectivity index (χ0n) is 18.3. The summed E-state index contributed by atoms with van der Waals surface area (Å²) in [5.74, 6) is 1.26. The number of ether oxygens (including phenoxy) is 2. The lowest BCUT2D eigenvalue weighted by molar-refractivity contribution is 0.101. The number of methoxy groups -OCH3 is 1. The second-order valence-electron chi connectivity index (χ2n) is 7.95. The molecule has 0 aliphatic carbocycles. The van der Waals surface area contributed by atoms with E-state index in [1.165, 1.54) is 19.1 Å². The standard InChI is InChI=1S/C24H27FN2O4.BrH/c1-16(28)18-4-7-21(23(14-18)29-2)30-13-3-10-27-11-8-17(9-12-27)24-20-6-5-19(25)15-22(20)31-26-24;/h4-7,14-15,17H,3,8-13H2,1-2H3;1H. The SMILES string of the molecule is Br.COc1cc(C(C)=O)ccc1OCCCN1CCC(c2noc3cc(F)ccc23)CC1. The van der Waals surface area contributed by atoms with Crippen molar-refractivity contribution in [2.24, 2.45) is 0 Å². The van der Waals surface area contributed by atoms with E-state index >= 15 is 0 Å². The smallest absolute Gasteiger partial charge is 0.170 e. The summed E-state index contributed by atoms with van der Waals surface area (Å²) in [5.41, 5.74) is 2.07. The van der Waals surface area contributed by atoms with E-state index in [9.17, 15) is 9.18 Å². The molecule has 0 spiro atoms. The minimum Gasteiger partial charge on any atom is -0.493 e. The summed E-state index contributed by atoms with van der Waals surface area (Å²) in [4.78, 5) is 13.9.